The minimum atomic E-state index is -0.346. The Morgan fingerprint density at radius 3 is 2.73 bits per heavy atom. The molecule has 0 aliphatic rings. The Hall–Kier alpha value is -0.880. The molecule has 0 aliphatic carbocycles. The molecule has 2 unspecified atom stereocenters. The first-order valence-corrected chi connectivity index (χ1v) is 3.72. The average molecular weight is 154 g/mol. The second-order valence-electron chi connectivity index (χ2n) is 2.34. The first-order chi connectivity index (χ1) is 5.24. The van der Waals surface area contributed by atoms with Gasteiger partial charge in [-0.25, -0.2) is 0 Å². The van der Waals surface area contributed by atoms with Gasteiger partial charge in [-0.3, -0.25) is 4.99 Å². The van der Waals surface area contributed by atoms with E-state index in [1.54, 1.807) is 6.92 Å². The zero-order valence-electron chi connectivity index (χ0n) is 7.08. The summed E-state index contributed by atoms with van der Waals surface area (Å²) >= 11 is 0. The van der Waals surface area contributed by atoms with Crippen LogP contribution in [0.4, 0.5) is 0 Å². The van der Waals surface area contributed by atoms with Gasteiger partial charge in [0.1, 0.15) is 6.10 Å². The van der Waals surface area contributed by atoms with E-state index in [1.807, 2.05) is 13.0 Å². The number of nitriles is 1. The third-order valence-electron chi connectivity index (χ3n) is 1.37. The summed E-state index contributed by atoms with van der Waals surface area (Å²) in [5.41, 5.74) is 0. The van der Waals surface area contributed by atoms with Gasteiger partial charge in [0.25, 0.3) is 0 Å². The van der Waals surface area contributed by atoms with Gasteiger partial charge in [0.15, 0.2) is 0 Å². The van der Waals surface area contributed by atoms with Crippen LogP contribution in [0.15, 0.2) is 4.99 Å². The molecule has 0 fully saturated rings. The zero-order valence-corrected chi connectivity index (χ0v) is 7.08. The fourth-order valence-electron chi connectivity index (χ4n) is 0.731. The van der Waals surface area contributed by atoms with E-state index in [4.69, 9.17) is 10.00 Å². The van der Waals surface area contributed by atoms with Crippen LogP contribution in [-0.2, 0) is 4.74 Å². The van der Waals surface area contributed by atoms with Crippen molar-refractivity contribution < 1.29 is 4.74 Å². The number of ether oxygens (including phenoxy) is 1. The predicted octanol–water partition coefficient (Wildman–Crippen LogP) is 1.39. The Bertz CT molecular complexity index is 151. The van der Waals surface area contributed by atoms with Gasteiger partial charge in [-0.05, 0) is 20.1 Å². The minimum absolute atomic E-state index is 0.0437. The summed E-state index contributed by atoms with van der Waals surface area (Å²) in [5.74, 6) is 0. The number of rotatable bonds is 5. The lowest BCUT2D eigenvalue weighted by molar-refractivity contribution is 0.0305. The summed E-state index contributed by atoms with van der Waals surface area (Å²) in [6.45, 7) is 7.67. The highest BCUT2D eigenvalue weighted by molar-refractivity contribution is 5.23. The van der Waals surface area contributed by atoms with Crippen LogP contribution in [0.1, 0.15) is 20.3 Å². The largest absolute Gasteiger partial charge is 0.358 e. The van der Waals surface area contributed by atoms with Crippen molar-refractivity contribution in [2.75, 3.05) is 6.54 Å². The van der Waals surface area contributed by atoms with Crippen molar-refractivity contribution in [1.82, 2.24) is 0 Å². The SMILES string of the molecule is C=NCC(CC)OC(C)C#N. The van der Waals surface area contributed by atoms with Crippen LogP contribution in [-0.4, -0.2) is 25.5 Å². The van der Waals surface area contributed by atoms with E-state index in [2.05, 4.69) is 11.7 Å². The molecule has 0 spiro atoms. The fourth-order valence-corrected chi connectivity index (χ4v) is 0.731. The molecule has 0 rings (SSSR count). The van der Waals surface area contributed by atoms with Crippen molar-refractivity contribution in [2.45, 2.75) is 32.5 Å². The molecule has 0 aliphatic heterocycles. The highest BCUT2D eigenvalue weighted by atomic mass is 16.5. The fraction of sp³-hybridized carbons (Fsp3) is 0.750. The Balaban J connectivity index is 3.69. The van der Waals surface area contributed by atoms with Crippen LogP contribution in [0.3, 0.4) is 0 Å². The zero-order chi connectivity index (χ0) is 8.69. The minimum Gasteiger partial charge on any atom is -0.358 e. The van der Waals surface area contributed by atoms with Crippen molar-refractivity contribution in [1.29, 1.82) is 5.26 Å². The van der Waals surface area contributed by atoms with Crippen molar-refractivity contribution in [2.24, 2.45) is 4.99 Å². The smallest absolute Gasteiger partial charge is 0.141 e. The first-order valence-electron chi connectivity index (χ1n) is 3.72. The Labute approximate surface area is 67.7 Å². The molecule has 3 heteroatoms. The molecule has 0 aromatic heterocycles. The Kier molecular flexibility index (Phi) is 5.40. The van der Waals surface area contributed by atoms with Crippen LogP contribution in [0.2, 0.25) is 0 Å². The quantitative estimate of drug-likeness (QED) is 0.562. The normalized spacial score (nSPS) is 15.0. The average Bonchev–Trinajstić information content (AvgIpc) is 2.03. The molecule has 2 atom stereocenters. The van der Waals surface area contributed by atoms with Gasteiger partial charge in [0.2, 0.25) is 0 Å². The summed E-state index contributed by atoms with van der Waals surface area (Å²) in [4.78, 5) is 3.71. The lowest BCUT2D eigenvalue weighted by Gasteiger charge is -2.14. The molecule has 0 saturated carbocycles. The van der Waals surface area contributed by atoms with Gasteiger partial charge in [0.05, 0.1) is 18.7 Å². The van der Waals surface area contributed by atoms with E-state index in [1.165, 1.54) is 0 Å². The molecule has 0 bridgehead atoms. The lowest BCUT2D eigenvalue weighted by Crippen LogP contribution is -2.20. The number of hydrogen-bond acceptors (Lipinski definition) is 3. The van der Waals surface area contributed by atoms with E-state index in [-0.39, 0.29) is 12.2 Å². The third-order valence-corrected chi connectivity index (χ3v) is 1.37. The number of hydrogen-bond donors (Lipinski definition) is 0. The Morgan fingerprint density at radius 2 is 2.36 bits per heavy atom. The first kappa shape index (κ1) is 10.1. The van der Waals surface area contributed by atoms with Gasteiger partial charge in [0, 0.05) is 0 Å². The maximum Gasteiger partial charge on any atom is 0.141 e. The van der Waals surface area contributed by atoms with Gasteiger partial charge in [-0.15, -0.1) is 0 Å². The molecule has 0 radical (unpaired) electrons. The van der Waals surface area contributed by atoms with E-state index < -0.39 is 0 Å². The van der Waals surface area contributed by atoms with E-state index in [0.29, 0.717) is 6.54 Å². The van der Waals surface area contributed by atoms with E-state index >= 15 is 0 Å². The molecule has 62 valence electrons. The molecular formula is C8H14N2O. The maximum atomic E-state index is 8.43. The molecule has 0 saturated heterocycles. The molecule has 0 aromatic rings. The molecule has 0 N–H and O–H groups in total. The molecule has 11 heavy (non-hydrogen) atoms. The van der Waals surface area contributed by atoms with E-state index in [9.17, 15) is 0 Å². The van der Waals surface area contributed by atoms with E-state index in [0.717, 1.165) is 6.42 Å². The van der Waals surface area contributed by atoms with Crippen LogP contribution in [0, 0.1) is 11.3 Å². The number of aliphatic imine (C=N–C) groups is 1. The van der Waals surface area contributed by atoms with Gasteiger partial charge in [-0.2, -0.15) is 5.26 Å². The highest BCUT2D eigenvalue weighted by Gasteiger charge is 2.08. The third kappa shape index (κ3) is 4.51. The summed E-state index contributed by atoms with van der Waals surface area (Å²) in [5, 5.41) is 8.43. The van der Waals surface area contributed by atoms with Crippen molar-refractivity contribution in [3.05, 3.63) is 0 Å². The van der Waals surface area contributed by atoms with Crippen molar-refractivity contribution >= 4 is 6.72 Å². The lowest BCUT2D eigenvalue weighted by atomic mass is 10.3. The molecule has 0 heterocycles. The summed E-state index contributed by atoms with van der Waals surface area (Å²) in [6.07, 6.45) is 0.564. The molecule has 0 amide bonds. The second kappa shape index (κ2) is 5.87. The highest BCUT2D eigenvalue weighted by Crippen LogP contribution is 2.02. The van der Waals surface area contributed by atoms with Crippen LogP contribution >= 0.6 is 0 Å². The van der Waals surface area contributed by atoms with Crippen molar-refractivity contribution in [3.8, 4) is 6.07 Å². The summed E-state index contributed by atoms with van der Waals surface area (Å²) < 4.78 is 5.29. The monoisotopic (exact) mass is 154 g/mol. The molecule has 3 nitrogen and oxygen atoms in total. The topological polar surface area (TPSA) is 45.4 Å². The molecular weight excluding hydrogens is 140 g/mol. The predicted molar refractivity (Wildman–Crippen MR) is 44.7 cm³/mol. The maximum absolute atomic E-state index is 8.43. The van der Waals surface area contributed by atoms with Crippen LogP contribution in [0.25, 0.3) is 0 Å². The van der Waals surface area contributed by atoms with Crippen LogP contribution < -0.4 is 0 Å². The van der Waals surface area contributed by atoms with Crippen LogP contribution in [0.5, 0.6) is 0 Å². The number of nitrogens with zero attached hydrogens (tertiary/aromatic N) is 2. The second-order valence-corrected chi connectivity index (χ2v) is 2.34. The standard InChI is InChI=1S/C8H14N2O/c1-4-8(6-10-3)11-7(2)5-9/h7-8H,3-4,6H2,1-2H3. The molecule has 0 aromatic carbocycles. The Morgan fingerprint density at radius 1 is 1.73 bits per heavy atom. The van der Waals surface area contributed by atoms with Gasteiger partial charge >= 0.3 is 0 Å². The van der Waals surface area contributed by atoms with Crippen molar-refractivity contribution in [3.63, 3.8) is 0 Å². The summed E-state index contributed by atoms with van der Waals surface area (Å²) in [6, 6.07) is 2.00. The summed E-state index contributed by atoms with van der Waals surface area (Å²) in [7, 11) is 0. The van der Waals surface area contributed by atoms with Gasteiger partial charge < -0.3 is 4.74 Å². The van der Waals surface area contributed by atoms with Gasteiger partial charge in [-0.1, -0.05) is 6.92 Å².